The molecule has 4 N–H and O–H groups in total. The molecule has 44 valence electrons. The third kappa shape index (κ3) is 3.29. The van der Waals surface area contributed by atoms with Gasteiger partial charge in [-0.3, -0.25) is 15.6 Å². The van der Waals surface area contributed by atoms with E-state index in [1.807, 2.05) is 0 Å². The number of hydrogen-bond acceptors (Lipinski definition) is 1. The number of halogens is 2. The van der Waals surface area contributed by atoms with E-state index in [-0.39, 0.29) is 3.71 Å². The number of nitrogens with zero attached hydrogens (tertiary/aromatic N) is 1. The van der Waals surface area contributed by atoms with Gasteiger partial charge in [-0.1, -0.05) is 0 Å². The highest BCUT2D eigenvalue weighted by molar-refractivity contribution is 7.59. The normalized spacial score (nSPS) is 12.7. The van der Waals surface area contributed by atoms with Crippen molar-refractivity contribution < 1.29 is 4.57 Å². The van der Waals surface area contributed by atoms with Crippen molar-refractivity contribution in [1.29, 1.82) is 0 Å². The Morgan fingerprint density at radius 2 is 1.57 bits per heavy atom. The lowest BCUT2D eigenvalue weighted by molar-refractivity contribution is 0.564. The van der Waals surface area contributed by atoms with Crippen LogP contribution in [0.15, 0.2) is 0 Å². The largest absolute Gasteiger partial charge is 0.304 e. The Morgan fingerprint density at radius 1 is 1.43 bits per heavy atom. The molecular formula is H4Cl2N3OP. The summed E-state index contributed by atoms with van der Waals surface area (Å²) in [6, 6.07) is 0. The molecule has 0 fully saturated rings. The minimum Gasteiger partial charge on any atom is -0.269 e. The zero-order chi connectivity index (χ0) is 6.08. The van der Waals surface area contributed by atoms with Crippen molar-refractivity contribution in [2.24, 2.45) is 11.0 Å². The van der Waals surface area contributed by atoms with Gasteiger partial charge in [-0.05, 0) is 3.71 Å². The zero-order valence-corrected chi connectivity index (χ0v) is 5.62. The van der Waals surface area contributed by atoms with Crippen LogP contribution < -0.4 is 11.0 Å². The lowest BCUT2D eigenvalue weighted by Crippen LogP contribution is -2.12. The molecule has 0 bridgehead atoms. The Kier molecular flexibility index (Phi) is 2.53. The van der Waals surface area contributed by atoms with Gasteiger partial charge in [0.1, 0.15) is 0 Å². The van der Waals surface area contributed by atoms with E-state index in [1.54, 1.807) is 0 Å². The van der Waals surface area contributed by atoms with Crippen LogP contribution in [0.5, 0.6) is 0 Å². The molecular weight excluding hydrogens is 160 g/mol. The SMILES string of the molecule is NP(N)(=O)N(Cl)Cl. The second-order valence-corrected chi connectivity index (χ2v) is 3.95. The molecule has 0 amide bonds. The maximum Gasteiger partial charge on any atom is 0.304 e. The molecule has 0 unspecified atom stereocenters. The molecule has 0 aliphatic rings. The van der Waals surface area contributed by atoms with E-state index in [2.05, 4.69) is 11.0 Å². The van der Waals surface area contributed by atoms with Crippen LogP contribution in [0.25, 0.3) is 0 Å². The Hall–Kier alpha value is 0.690. The van der Waals surface area contributed by atoms with Crippen LogP contribution in [0.3, 0.4) is 0 Å². The van der Waals surface area contributed by atoms with Gasteiger partial charge >= 0.3 is 7.59 Å². The van der Waals surface area contributed by atoms with E-state index < -0.39 is 7.59 Å². The first-order valence-electron chi connectivity index (χ1n) is 1.24. The predicted molar refractivity (Wildman–Crippen MR) is 29.5 cm³/mol. The van der Waals surface area contributed by atoms with Crippen LogP contribution >= 0.6 is 31.1 Å². The fraction of sp³-hybridized carbons (Fsp3) is 0. The van der Waals surface area contributed by atoms with E-state index in [4.69, 9.17) is 23.6 Å². The van der Waals surface area contributed by atoms with Crippen molar-refractivity contribution >= 4 is 31.1 Å². The lowest BCUT2D eigenvalue weighted by atomic mass is 13.8. The third-order valence-corrected chi connectivity index (χ3v) is 2.13. The van der Waals surface area contributed by atoms with Crippen LogP contribution in [0.2, 0.25) is 0 Å². The highest BCUT2D eigenvalue weighted by atomic mass is 35.5. The van der Waals surface area contributed by atoms with Gasteiger partial charge in [-0.15, -0.1) is 0 Å². The quantitative estimate of drug-likeness (QED) is 0.440. The van der Waals surface area contributed by atoms with Gasteiger partial charge in [0.2, 0.25) is 0 Å². The van der Waals surface area contributed by atoms with Crippen molar-refractivity contribution in [3.8, 4) is 0 Å². The topological polar surface area (TPSA) is 72.3 Å². The summed E-state index contributed by atoms with van der Waals surface area (Å²) in [4.78, 5) is 0. The van der Waals surface area contributed by atoms with Crippen molar-refractivity contribution in [3.63, 3.8) is 0 Å². The summed E-state index contributed by atoms with van der Waals surface area (Å²) in [5.41, 5.74) is 9.35. The lowest BCUT2D eigenvalue weighted by Gasteiger charge is -2.05. The molecule has 0 radical (unpaired) electrons. The average molecular weight is 164 g/mol. The van der Waals surface area contributed by atoms with Gasteiger partial charge < -0.3 is 0 Å². The fourth-order valence-corrected chi connectivity index (χ4v) is 0. The molecule has 0 aromatic rings. The molecule has 0 atom stereocenters. The van der Waals surface area contributed by atoms with Crippen molar-refractivity contribution in [1.82, 2.24) is 3.71 Å². The molecule has 0 spiro atoms. The van der Waals surface area contributed by atoms with Gasteiger partial charge in [0.25, 0.3) is 0 Å². The molecule has 0 heterocycles. The standard InChI is InChI=1S/Cl2H4N3OP/c1-5(2)7(3,4)6/h(H4,3,4,6). The number of nitrogens with two attached hydrogens (primary N) is 2. The van der Waals surface area contributed by atoms with Crippen LogP contribution in [0, 0.1) is 0 Å². The van der Waals surface area contributed by atoms with E-state index in [0.29, 0.717) is 0 Å². The molecule has 0 rings (SSSR count). The maximum atomic E-state index is 10.1. The fourth-order valence-electron chi connectivity index (χ4n) is 0. The van der Waals surface area contributed by atoms with Crippen LogP contribution in [-0.4, -0.2) is 3.71 Å². The summed E-state index contributed by atoms with van der Waals surface area (Å²) in [5.74, 6) is 0. The van der Waals surface area contributed by atoms with E-state index in [9.17, 15) is 4.57 Å². The molecule has 0 aromatic carbocycles. The summed E-state index contributed by atoms with van der Waals surface area (Å²) >= 11 is 9.68. The molecule has 4 nitrogen and oxygen atoms in total. The smallest absolute Gasteiger partial charge is 0.269 e. The highest BCUT2D eigenvalue weighted by Gasteiger charge is 2.14. The van der Waals surface area contributed by atoms with Gasteiger partial charge in [-0.25, -0.2) is 0 Å². The minimum absolute atomic E-state index is 0.243. The van der Waals surface area contributed by atoms with Crippen LogP contribution in [0.4, 0.5) is 0 Å². The minimum atomic E-state index is -3.37. The molecule has 0 aliphatic heterocycles. The summed E-state index contributed by atoms with van der Waals surface area (Å²) in [5, 5.41) is 0. The monoisotopic (exact) mass is 163 g/mol. The first kappa shape index (κ1) is 7.69. The summed E-state index contributed by atoms with van der Waals surface area (Å²) in [7, 11) is -3.37. The molecule has 0 aromatic heterocycles. The highest BCUT2D eigenvalue weighted by Crippen LogP contribution is 2.35. The Labute approximate surface area is 51.1 Å². The van der Waals surface area contributed by atoms with Crippen molar-refractivity contribution in [2.45, 2.75) is 0 Å². The zero-order valence-electron chi connectivity index (χ0n) is 3.21. The Bertz CT molecular complexity index is 95.1. The van der Waals surface area contributed by atoms with Gasteiger partial charge in [-0.2, -0.15) is 0 Å². The van der Waals surface area contributed by atoms with E-state index >= 15 is 0 Å². The Balaban J connectivity index is 3.80. The van der Waals surface area contributed by atoms with Crippen LogP contribution in [-0.2, 0) is 4.57 Å². The third-order valence-electron chi connectivity index (χ3n) is 0.236. The summed E-state index contributed by atoms with van der Waals surface area (Å²) in [6.07, 6.45) is 0. The second-order valence-electron chi connectivity index (χ2n) is 0.888. The molecule has 0 saturated carbocycles. The summed E-state index contributed by atoms with van der Waals surface area (Å²) < 4.78 is 10.4. The molecule has 0 aliphatic carbocycles. The van der Waals surface area contributed by atoms with Crippen molar-refractivity contribution in [3.05, 3.63) is 0 Å². The summed E-state index contributed by atoms with van der Waals surface area (Å²) in [6.45, 7) is 0. The Morgan fingerprint density at radius 3 is 1.57 bits per heavy atom. The van der Waals surface area contributed by atoms with Gasteiger partial charge in [0.05, 0.1) is 0 Å². The predicted octanol–water partition coefficient (Wildman–Crippen LogP) is 0.622. The average Bonchev–Trinajstić information content (AvgIpc) is 1.31. The van der Waals surface area contributed by atoms with E-state index in [1.165, 1.54) is 0 Å². The van der Waals surface area contributed by atoms with Crippen LogP contribution in [0.1, 0.15) is 0 Å². The van der Waals surface area contributed by atoms with Gasteiger partial charge in [0, 0.05) is 23.6 Å². The number of hydrogen-bond donors (Lipinski definition) is 2. The van der Waals surface area contributed by atoms with Gasteiger partial charge in [0.15, 0.2) is 0 Å². The first-order valence-corrected chi connectivity index (χ1v) is 3.71. The van der Waals surface area contributed by atoms with Crippen molar-refractivity contribution in [2.75, 3.05) is 0 Å². The molecule has 7 heteroatoms. The maximum absolute atomic E-state index is 10.1. The first-order chi connectivity index (χ1) is 2.94. The molecule has 7 heavy (non-hydrogen) atoms. The number of rotatable bonds is 1. The second kappa shape index (κ2) is 2.31. The van der Waals surface area contributed by atoms with E-state index in [0.717, 1.165) is 0 Å². The molecule has 0 saturated heterocycles.